The van der Waals surface area contributed by atoms with Gasteiger partial charge >= 0.3 is 16.3 Å². The topological polar surface area (TPSA) is 176 Å². The molecule has 0 spiro atoms. The van der Waals surface area contributed by atoms with Gasteiger partial charge in [-0.15, -0.1) is 0 Å². The number of hydrogen-bond donors (Lipinski definition) is 1. The molecule has 4 aromatic rings. The number of carbonyl (C=O) groups excluding carboxylic acids is 1. The van der Waals surface area contributed by atoms with Crippen molar-refractivity contribution in [1.82, 2.24) is 28.7 Å². The lowest BCUT2D eigenvalue weighted by Gasteiger charge is -2.35. The van der Waals surface area contributed by atoms with Gasteiger partial charge in [-0.05, 0) is 51.1 Å². The summed E-state index contributed by atoms with van der Waals surface area (Å²) in [7, 11) is -2.66. The standard InChI is InChI=1S/C31H34FN9O6S/c1-6-38(5)48(44,45)37-26-10-8-24(32)27(23(26)16-33)46-21-7-9-25-22(15-21)28(42)41(19-36-25)20-17-34-29(35-18-20)39-11-13-40(14-12-39)30(43)47-31(2,3)4/h7-10,15,17-19,37H,6,11-14H2,1-5H3. The Labute approximate surface area is 276 Å². The van der Waals surface area contributed by atoms with Crippen molar-refractivity contribution in [2.75, 3.05) is 49.4 Å². The summed E-state index contributed by atoms with van der Waals surface area (Å²) < 4.78 is 55.8. The van der Waals surface area contributed by atoms with Crippen LogP contribution in [0.5, 0.6) is 11.5 Å². The van der Waals surface area contributed by atoms with Gasteiger partial charge in [-0.3, -0.25) is 14.1 Å². The van der Waals surface area contributed by atoms with Gasteiger partial charge in [-0.25, -0.2) is 24.1 Å². The second-order valence-electron chi connectivity index (χ2n) is 11.8. The van der Waals surface area contributed by atoms with Gasteiger partial charge < -0.3 is 19.3 Å². The SMILES string of the molecule is CCN(C)S(=O)(=O)Nc1ccc(F)c(Oc2ccc3ncn(-c4cnc(N5CCN(C(=O)OC(C)(C)C)CC5)nc4)c(=O)c3c2)c1C#N. The number of hydrogen-bond acceptors (Lipinski definition) is 11. The highest BCUT2D eigenvalue weighted by Crippen LogP contribution is 2.34. The van der Waals surface area contributed by atoms with E-state index in [0.29, 0.717) is 43.3 Å². The van der Waals surface area contributed by atoms with Crippen molar-refractivity contribution in [3.8, 4) is 23.3 Å². The van der Waals surface area contributed by atoms with E-state index >= 15 is 0 Å². The van der Waals surface area contributed by atoms with Gasteiger partial charge in [-0.1, -0.05) is 6.92 Å². The minimum Gasteiger partial charge on any atom is -0.453 e. The van der Waals surface area contributed by atoms with E-state index in [1.54, 1.807) is 17.9 Å². The Balaban J connectivity index is 1.36. The molecule has 0 aliphatic carbocycles. The highest BCUT2D eigenvalue weighted by Gasteiger charge is 2.27. The lowest BCUT2D eigenvalue weighted by atomic mass is 10.1. The fourth-order valence-electron chi connectivity index (χ4n) is 4.72. The van der Waals surface area contributed by atoms with Gasteiger partial charge in [-0.2, -0.15) is 18.0 Å². The van der Waals surface area contributed by atoms with Crippen LogP contribution < -0.4 is 19.9 Å². The van der Waals surface area contributed by atoms with Crippen LogP contribution >= 0.6 is 0 Å². The minimum atomic E-state index is -4.01. The molecule has 2 aromatic heterocycles. The van der Waals surface area contributed by atoms with Crippen molar-refractivity contribution in [2.24, 2.45) is 0 Å². The number of nitrogens with zero attached hydrogens (tertiary/aromatic N) is 8. The van der Waals surface area contributed by atoms with E-state index < -0.39 is 32.9 Å². The second-order valence-corrected chi connectivity index (χ2v) is 13.6. The molecule has 1 aliphatic rings. The number of amides is 1. The van der Waals surface area contributed by atoms with Crippen LogP contribution in [0.1, 0.15) is 33.3 Å². The van der Waals surface area contributed by atoms with Crippen LogP contribution in [0.15, 0.2) is 53.8 Å². The molecule has 1 fully saturated rings. The Morgan fingerprint density at radius 1 is 1.10 bits per heavy atom. The van der Waals surface area contributed by atoms with E-state index in [-0.39, 0.29) is 35.0 Å². The Hall–Kier alpha value is -5.34. The highest BCUT2D eigenvalue weighted by molar-refractivity contribution is 7.90. The maximum absolute atomic E-state index is 14.9. The van der Waals surface area contributed by atoms with Gasteiger partial charge in [0.2, 0.25) is 5.95 Å². The fraction of sp³-hybridized carbons (Fsp3) is 0.355. The van der Waals surface area contributed by atoms with Crippen molar-refractivity contribution < 1.29 is 27.1 Å². The average molecular weight is 680 g/mol. The molecule has 3 heterocycles. The number of rotatable bonds is 8. The summed E-state index contributed by atoms with van der Waals surface area (Å²) in [4.78, 5) is 42.7. The monoisotopic (exact) mass is 679 g/mol. The van der Waals surface area contributed by atoms with Gasteiger partial charge in [0.15, 0.2) is 11.6 Å². The van der Waals surface area contributed by atoms with Crippen molar-refractivity contribution in [3.05, 3.63) is 70.8 Å². The molecule has 1 amide bonds. The Kier molecular flexibility index (Phi) is 9.50. The Morgan fingerprint density at radius 2 is 1.79 bits per heavy atom. The zero-order chi connectivity index (χ0) is 34.8. The summed E-state index contributed by atoms with van der Waals surface area (Å²) in [6.07, 6.45) is 3.92. The van der Waals surface area contributed by atoms with Crippen LogP contribution in [-0.2, 0) is 14.9 Å². The molecule has 2 aromatic carbocycles. The summed E-state index contributed by atoms with van der Waals surface area (Å²) in [5, 5.41) is 9.92. The predicted molar refractivity (Wildman–Crippen MR) is 175 cm³/mol. The number of ether oxygens (including phenoxy) is 2. The van der Waals surface area contributed by atoms with Crippen LogP contribution in [0.4, 0.5) is 20.8 Å². The van der Waals surface area contributed by atoms with Gasteiger partial charge in [0, 0.05) is 39.8 Å². The van der Waals surface area contributed by atoms with E-state index in [9.17, 15) is 27.7 Å². The number of halogens is 1. The van der Waals surface area contributed by atoms with Gasteiger partial charge in [0.1, 0.15) is 29.3 Å². The third kappa shape index (κ3) is 7.29. The molecular formula is C31H34FN9O6S. The molecule has 17 heteroatoms. The maximum Gasteiger partial charge on any atom is 0.410 e. The summed E-state index contributed by atoms with van der Waals surface area (Å²) in [5.74, 6) is -0.986. The summed E-state index contributed by atoms with van der Waals surface area (Å²) in [5.41, 5.74) is -0.959. The highest BCUT2D eigenvalue weighted by atomic mass is 32.2. The molecule has 1 N–H and O–H groups in total. The van der Waals surface area contributed by atoms with E-state index in [0.717, 1.165) is 16.4 Å². The number of fused-ring (bicyclic) bond motifs is 1. The normalized spacial score (nSPS) is 13.8. The second kappa shape index (κ2) is 13.4. The van der Waals surface area contributed by atoms with E-state index in [1.165, 1.54) is 48.5 Å². The molecule has 252 valence electrons. The first-order valence-electron chi connectivity index (χ1n) is 14.9. The number of anilines is 2. The van der Waals surface area contributed by atoms with E-state index in [4.69, 9.17) is 9.47 Å². The van der Waals surface area contributed by atoms with Crippen molar-refractivity contribution in [3.63, 3.8) is 0 Å². The smallest absolute Gasteiger partial charge is 0.410 e. The molecule has 5 rings (SSSR count). The van der Waals surface area contributed by atoms with Crippen LogP contribution in [0.25, 0.3) is 16.6 Å². The van der Waals surface area contributed by atoms with Crippen molar-refractivity contribution in [2.45, 2.75) is 33.3 Å². The van der Waals surface area contributed by atoms with Gasteiger partial charge in [0.25, 0.3) is 5.56 Å². The summed E-state index contributed by atoms with van der Waals surface area (Å²) in [6, 6.07) is 8.19. The number of carbonyl (C=O) groups is 1. The number of nitrogens with one attached hydrogen (secondary N) is 1. The number of nitriles is 1. The maximum atomic E-state index is 14.9. The zero-order valence-corrected chi connectivity index (χ0v) is 27.8. The lowest BCUT2D eigenvalue weighted by molar-refractivity contribution is 0.0240. The van der Waals surface area contributed by atoms with Crippen LogP contribution in [0, 0.1) is 17.1 Å². The Bertz CT molecular complexity index is 2050. The molecular weight excluding hydrogens is 645 g/mol. The fourth-order valence-corrected chi connectivity index (χ4v) is 5.67. The first-order valence-corrected chi connectivity index (χ1v) is 16.4. The molecule has 15 nitrogen and oxygen atoms in total. The van der Waals surface area contributed by atoms with Gasteiger partial charge in [0.05, 0.1) is 34.7 Å². The van der Waals surface area contributed by atoms with Crippen molar-refractivity contribution in [1.29, 1.82) is 5.26 Å². The zero-order valence-electron chi connectivity index (χ0n) is 27.0. The van der Waals surface area contributed by atoms with Crippen LogP contribution in [0.3, 0.4) is 0 Å². The van der Waals surface area contributed by atoms with Crippen LogP contribution in [-0.4, -0.2) is 88.6 Å². The number of piperazine rings is 1. The third-order valence-corrected chi connectivity index (χ3v) is 8.94. The summed E-state index contributed by atoms with van der Waals surface area (Å²) in [6.45, 7) is 9.11. The number of aromatic nitrogens is 4. The molecule has 48 heavy (non-hydrogen) atoms. The van der Waals surface area contributed by atoms with Crippen molar-refractivity contribution >= 4 is 38.8 Å². The Morgan fingerprint density at radius 3 is 2.42 bits per heavy atom. The molecule has 1 saturated heterocycles. The molecule has 0 bridgehead atoms. The lowest BCUT2D eigenvalue weighted by Crippen LogP contribution is -2.50. The third-order valence-electron chi connectivity index (χ3n) is 7.38. The molecule has 0 saturated carbocycles. The van der Waals surface area contributed by atoms with Crippen LogP contribution in [0.2, 0.25) is 0 Å². The van der Waals surface area contributed by atoms with E-state index in [1.807, 2.05) is 25.7 Å². The number of benzene rings is 2. The molecule has 1 aliphatic heterocycles. The first kappa shape index (κ1) is 34.0. The van der Waals surface area contributed by atoms with E-state index in [2.05, 4.69) is 19.7 Å². The molecule has 0 atom stereocenters. The minimum absolute atomic E-state index is 0.0114. The quantitative estimate of drug-likeness (QED) is 0.288. The summed E-state index contributed by atoms with van der Waals surface area (Å²) >= 11 is 0. The molecule has 0 radical (unpaired) electrons. The molecule has 0 unspecified atom stereocenters. The average Bonchev–Trinajstić information content (AvgIpc) is 3.05. The first-order chi connectivity index (χ1) is 22.7. The predicted octanol–water partition coefficient (Wildman–Crippen LogP) is 3.64. The largest absolute Gasteiger partial charge is 0.453 e.